The van der Waals surface area contributed by atoms with Crippen LogP contribution in [-0.4, -0.2) is 6.17 Å². The highest BCUT2D eigenvalue weighted by Gasteiger charge is 2.20. The van der Waals surface area contributed by atoms with Crippen LogP contribution in [-0.2, 0) is 0 Å². The van der Waals surface area contributed by atoms with Crippen molar-refractivity contribution >= 4 is 0 Å². The molecule has 3 heteroatoms. The van der Waals surface area contributed by atoms with E-state index < -0.39 is 0 Å². The lowest BCUT2D eigenvalue weighted by molar-refractivity contribution is 0.469. The molecule has 0 saturated carbocycles. The van der Waals surface area contributed by atoms with Crippen molar-refractivity contribution < 1.29 is 0 Å². The third kappa shape index (κ3) is 3.13. The van der Waals surface area contributed by atoms with E-state index in [2.05, 4.69) is 44.8 Å². The molecule has 0 saturated heterocycles. The van der Waals surface area contributed by atoms with Gasteiger partial charge in [-0.05, 0) is 24.3 Å². The Balaban J connectivity index is 2.79. The zero-order valence-corrected chi connectivity index (χ0v) is 9.80. The van der Waals surface area contributed by atoms with Crippen LogP contribution in [0.5, 0.6) is 0 Å². The van der Waals surface area contributed by atoms with Crippen molar-refractivity contribution in [3.05, 3.63) is 35.7 Å². The molecular formula is C12H21N3. The summed E-state index contributed by atoms with van der Waals surface area (Å²) in [7, 11) is 0. The van der Waals surface area contributed by atoms with Gasteiger partial charge in [0, 0.05) is 11.4 Å². The second kappa shape index (κ2) is 4.11. The Labute approximate surface area is 91.9 Å². The quantitative estimate of drug-likeness (QED) is 0.616. The summed E-state index contributed by atoms with van der Waals surface area (Å²) in [5.74, 6) is 0. The molecule has 3 nitrogen and oxygen atoms in total. The maximum Gasteiger partial charge on any atom is 0.115 e. The second-order valence-corrected chi connectivity index (χ2v) is 4.83. The number of rotatable bonds is 3. The van der Waals surface area contributed by atoms with E-state index in [-0.39, 0.29) is 11.6 Å². The van der Waals surface area contributed by atoms with Crippen LogP contribution >= 0.6 is 0 Å². The van der Waals surface area contributed by atoms with Crippen LogP contribution in [0.15, 0.2) is 35.7 Å². The minimum absolute atomic E-state index is 0.178. The molecule has 0 spiro atoms. The van der Waals surface area contributed by atoms with E-state index in [1.54, 1.807) is 0 Å². The first-order valence-corrected chi connectivity index (χ1v) is 5.18. The molecule has 15 heavy (non-hydrogen) atoms. The topological polar surface area (TPSA) is 64.1 Å². The van der Waals surface area contributed by atoms with E-state index in [4.69, 9.17) is 11.5 Å². The largest absolute Gasteiger partial charge is 0.400 e. The average Bonchev–Trinajstić information content (AvgIpc) is 2.11. The van der Waals surface area contributed by atoms with Gasteiger partial charge in [0.25, 0.3) is 0 Å². The van der Waals surface area contributed by atoms with E-state index in [0.29, 0.717) is 5.70 Å². The summed E-state index contributed by atoms with van der Waals surface area (Å²) >= 11 is 0. The molecule has 0 amide bonds. The first kappa shape index (κ1) is 11.9. The minimum Gasteiger partial charge on any atom is -0.400 e. The Morgan fingerprint density at radius 1 is 1.60 bits per heavy atom. The predicted octanol–water partition coefficient (Wildman–Crippen LogP) is 1.59. The second-order valence-electron chi connectivity index (χ2n) is 4.83. The van der Waals surface area contributed by atoms with Crippen LogP contribution in [0.25, 0.3) is 0 Å². The molecule has 1 aliphatic rings. The summed E-state index contributed by atoms with van der Waals surface area (Å²) in [5, 5.41) is 3.17. The van der Waals surface area contributed by atoms with Gasteiger partial charge in [-0.15, -0.1) is 0 Å². The third-order valence-electron chi connectivity index (χ3n) is 2.60. The molecule has 0 heterocycles. The number of hydrogen-bond acceptors (Lipinski definition) is 3. The van der Waals surface area contributed by atoms with Crippen molar-refractivity contribution in [2.24, 2.45) is 16.9 Å². The molecule has 84 valence electrons. The number of allylic oxidation sites excluding steroid dienone is 3. The molecule has 0 fully saturated rings. The first-order valence-electron chi connectivity index (χ1n) is 5.18. The van der Waals surface area contributed by atoms with Gasteiger partial charge in [-0.25, -0.2) is 0 Å². The van der Waals surface area contributed by atoms with Crippen molar-refractivity contribution in [1.82, 2.24) is 5.32 Å². The number of nitrogens with two attached hydrogens (primary N) is 2. The van der Waals surface area contributed by atoms with Crippen LogP contribution in [0, 0.1) is 5.41 Å². The van der Waals surface area contributed by atoms with Gasteiger partial charge in [0.15, 0.2) is 0 Å². The normalized spacial score (nSPS) is 21.3. The summed E-state index contributed by atoms with van der Waals surface area (Å²) in [6.07, 6.45) is 5.09. The fourth-order valence-electron chi connectivity index (χ4n) is 1.51. The summed E-state index contributed by atoms with van der Waals surface area (Å²) < 4.78 is 0. The van der Waals surface area contributed by atoms with Crippen molar-refractivity contribution in [2.75, 3.05) is 0 Å². The molecule has 5 N–H and O–H groups in total. The summed E-state index contributed by atoms with van der Waals surface area (Å²) in [5.41, 5.74) is 14.2. The lowest BCUT2D eigenvalue weighted by Gasteiger charge is -2.28. The Hall–Kier alpha value is -1.22. The summed E-state index contributed by atoms with van der Waals surface area (Å²) in [6.45, 7) is 10.1. The van der Waals surface area contributed by atoms with Gasteiger partial charge in [0.1, 0.15) is 6.17 Å². The van der Waals surface area contributed by atoms with Gasteiger partial charge in [0.05, 0.1) is 0 Å². The van der Waals surface area contributed by atoms with E-state index >= 15 is 0 Å². The highest BCUT2D eigenvalue weighted by Crippen LogP contribution is 2.31. The van der Waals surface area contributed by atoms with Gasteiger partial charge >= 0.3 is 0 Å². The van der Waals surface area contributed by atoms with Crippen molar-refractivity contribution in [3.8, 4) is 0 Å². The highest BCUT2D eigenvalue weighted by molar-refractivity contribution is 5.34. The fourth-order valence-corrected chi connectivity index (χ4v) is 1.51. The fraction of sp³-hybridized carbons (Fsp3) is 0.500. The Kier molecular flexibility index (Phi) is 3.25. The van der Waals surface area contributed by atoms with Crippen molar-refractivity contribution in [1.29, 1.82) is 0 Å². The average molecular weight is 207 g/mol. The Morgan fingerprint density at radius 2 is 2.20 bits per heavy atom. The van der Waals surface area contributed by atoms with Crippen LogP contribution < -0.4 is 16.8 Å². The maximum atomic E-state index is 5.79. The molecule has 1 unspecified atom stereocenters. The molecule has 1 rings (SSSR count). The van der Waals surface area contributed by atoms with Gasteiger partial charge in [-0.2, -0.15) is 0 Å². The van der Waals surface area contributed by atoms with Gasteiger partial charge in [-0.1, -0.05) is 32.6 Å². The van der Waals surface area contributed by atoms with Crippen LogP contribution in [0.2, 0.25) is 0 Å². The van der Waals surface area contributed by atoms with Gasteiger partial charge in [0.2, 0.25) is 0 Å². The third-order valence-corrected chi connectivity index (χ3v) is 2.60. The van der Waals surface area contributed by atoms with Gasteiger partial charge < -0.3 is 16.8 Å². The molecule has 0 bridgehead atoms. The smallest absolute Gasteiger partial charge is 0.115 e. The molecular weight excluding hydrogens is 186 g/mol. The lowest BCUT2D eigenvalue weighted by Crippen LogP contribution is -2.41. The number of nitrogens with one attached hydrogen (secondary N) is 1. The van der Waals surface area contributed by atoms with Crippen LogP contribution in [0.4, 0.5) is 0 Å². The van der Waals surface area contributed by atoms with Crippen LogP contribution in [0.1, 0.15) is 27.2 Å². The van der Waals surface area contributed by atoms with Gasteiger partial charge in [-0.3, -0.25) is 0 Å². The number of hydrogen-bond donors (Lipinski definition) is 3. The lowest BCUT2D eigenvalue weighted by atomic mass is 9.83. The molecule has 0 aliphatic heterocycles. The standard InChI is InChI=1S/C12H21N3/c1-8-5-6-12(3,4)7-10(8)15-11(14)9(2)13/h5,7,11,15H,2,6,13-14H2,1,3-4H3. The zero-order chi connectivity index (χ0) is 11.6. The van der Waals surface area contributed by atoms with E-state index in [0.717, 1.165) is 12.1 Å². The molecule has 0 aromatic rings. The molecule has 1 aliphatic carbocycles. The van der Waals surface area contributed by atoms with E-state index in [1.807, 2.05) is 0 Å². The highest BCUT2D eigenvalue weighted by atomic mass is 15.1. The monoisotopic (exact) mass is 207 g/mol. The maximum absolute atomic E-state index is 5.79. The zero-order valence-electron chi connectivity index (χ0n) is 9.80. The Morgan fingerprint density at radius 3 is 2.73 bits per heavy atom. The van der Waals surface area contributed by atoms with Crippen molar-refractivity contribution in [2.45, 2.75) is 33.4 Å². The SMILES string of the molecule is C=C(N)C(N)NC1=CC(C)(C)CC=C1C. The molecule has 0 aromatic heterocycles. The van der Waals surface area contributed by atoms with E-state index in [9.17, 15) is 0 Å². The minimum atomic E-state index is -0.381. The summed E-state index contributed by atoms with van der Waals surface area (Å²) in [4.78, 5) is 0. The molecule has 0 aromatic carbocycles. The predicted molar refractivity (Wildman–Crippen MR) is 64.7 cm³/mol. The summed E-state index contributed by atoms with van der Waals surface area (Å²) in [6, 6.07) is 0. The first-order chi connectivity index (χ1) is 6.82. The van der Waals surface area contributed by atoms with E-state index in [1.165, 1.54) is 5.57 Å². The Bertz CT molecular complexity index is 324. The van der Waals surface area contributed by atoms with Crippen molar-refractivity contribution in [3.63, 3.8) is 0 Å². The molecule has 0 radical (unpaired) electrons. The van der Waals surface area contributed by atoms with Crippen LogP contribution in [0.3, 0.4) is 0 Å². The molecule has 1 atom stereocenters.